The number of fused-ring (bicyclic) bond motifs is 1. The van der Waals surface area contributed by atoms with Gasteiger partial charge in [0, 0.05) is 18.2 Å². The van der Waals surface area contributed by atoms with Crippen LogP contribution in [0.4, 0.5) is 0 Å². The third-order valence-corrected chi connectivity index (χ3v) is 8.40. The number of likely N-dealkylation sites (tertiary alicyclic amines) is 2. The Morgan fingerprint density at radius 3 is 2.41 bits per heavy atom. The summed E-state index contributed by atoms with van der Waals surface area (Å²) in [7, 11) is 0. The first-order valence-electron chi connectivity index (χ1n) is 13.1. The van der Waals surface area contributed by atoms with E-state index in [2.05, 4.69) is 22.3 Å². The minimum absolute atomic E-state index is 0.0381. The zero-order chi connectivity index (χ0) is 23.8. The van der Waals surface area contributed by atoms with E-state index in [1.54, 1.807) is 4.90 Å². The van der Waals surface area contributed by atoms with Crippen LogP contribution in [0.3, 0.4) is 0 Å². The lowest BCUT2D eigenvalue weighted by molar-refractivity contribution is -0.139. The van der Waals surface area contributed by atoms with Crippen LogP contribution in [0.2, 0.25) is 0 Å². The number of nitrogens with one attached hydrogen (secondary N) is 1. The summed E-state index contributed by atoms with van der Waals surface area (Å²) >= 11 is 0. The van der Waals surface area contributed by atoms with Gasteiger partial charge in [0.2, 0.25) is 5.91 Å². The van der Waals surface area contributed by atoms with Gasteiger partial charge in [-0.05, 0) is 74.7 Å². The first-order valence-corrected chi connectivity index (χ1v) is 13.1. The van der Waals surface area contributed by atoms with Crippen LogP contribution < -0.4 is 5.32 Å². The van der Waals surface area contributed by atoms with E-state index in [4.69, 9.17) is 4.74 Å². The van der Waals surface area contributed by atoms with Crippen molar-refractivity contribution in [3.63, 3.8) is 0 Å². The normalized spacial score (nSPS) is 27.5. The smallest absolute Gasteiger partial charge is 0.251 e. The van der Waals surface area contributed by atoms with Crippen molar-refractivity contribution in [2.24, 2.45) is 5.92 Å². The van der Waals surface area contributed by atoms with E-state index in [0.29, 0.717) is 24.4 Å². The highest BCUT2D eigenvalue weighted by Crippen LogP contribution is 2.34. The molecule has 1 aromatic carbocycles. The van der Waals surface area contributed by atoms with Crippen molar-refractivity contribution in [3.8, 4) is 0 Å². The summed E-state index contributed by atoms with van der Waals surface area (Å²) in [6, 6.07) is 7.60. The second kappa shape index (κ2) is 9.78. The van der Waals surface area contributed by atoms with Gasteiger partial charge in [0.15, 0.2) is 5.78 Å². The molecule has 1 aliphatic carbocycles. The summed E-state index contributed by atoms with van der Waals surface area (Å²) in [5.74, 6) is 0.0647. The van der Waals surface area contributed by atoms with Gasteiger partial charge in [-0.15, -0.1) is 0 Å². The average molecular weight is 468 g/mol. The molecule has 0 aromatic heterocycles. The Labute approximate surface area is 202 Å². The lowest BCUT2D eigenvalue weighted by Crippen LogP contribution is -2.54. The highest BCUT2D eigenvalue weighted by Gasteiger charge is 2.48. The Morgan fingerprint density at radius 1 is 1.06 bits per heavy atom. The number of piperidine rings is 1. The number of amides is 2. The molecule has 4 fully saturated rings. The number of carbonyl (C=O) groups is 3. The van der Waals surface area contributed by atoms with Gasteiger partial charge in [-0.3, -0.25) is 14.4 Å². The van der Waals surface area contributed by atoms with Crippen molar-refractivity contribution in [1.82, 2.24) is 15.1 Å². The van der Waals surface area contributed by atoms with E-state index < -0.39 is 12.1 Å². The molecule has 34 heavy (non-hydrogen) atoms. The number of rotatable bonds is 7. The van der Waals surface area contributed by atoms with Crippen molar-refractivity contribution in [1.29, 1.82) is 0 Å². The average Bonchev–Trinajstić information content (AvgIpc) is 3.53. The van der Waals surface area contributed by atoms with E-state index in [1.807, 2.05) is 26.0 Å². The van der Waals surface area contributed by atoms with Crippen molar-refractivity contribution in [2.75, 3.05) is 26.2 Å². The monoisotopic (exact) mass is 467 g/mol. The van der Waals surface area contributed by atoms with E-state index in [9.17, 15) is 14.4 Å². The standard InChI is InChI=1S/C27H37N3O4/c1-3-17(2)24(27(33)30-15-12-23-25(30)22(31)16-34-23)28-26(32)20-6-4-18(5-7-20)19-10-13-29(14-11-19)21-8-9-21/h4-7,17,19,21,23-25H,3,8-16H2,1-2H3,(H,28,32)/t17?,23-,24+,25-/m1/s1. The molecule has 1 unspecified atom stereocenters. The van der Waals surface area contributed by atoms with Crippen LogP contribution in [0.5, 0.6) is 0 Å². The van der Waals surface area contributed by atoms with Crippen molar-refractivity contribution in [3.05, 3.63) is 35.4 Å². The van der Waals surface area contributed by atoms with E-state index >= 15 is 0 Å². The molecule has 0 radical (unpaired) electrons. The number of nitrogens with zero attached hydrogens (tertiary/aromatic N) is 2. The number of hydrogen-bond donors (Lipinski definition) is 1. The predicted molar refractivity (Wildman–Crippen MR) is 129 cm³/mol. The maximum absolute atomic E-state index is 13.4. The lowest BCUT2D eigenvalue weighted by Gasteiger charge is -2.32. The van der Waals surface area contributed by atoms with Crippen LogP contribution in [0.1, 0.15) is 74.2 Å². The second-order valence-electron chi connectivity index (χ2n) is 10.6. The SMILES string of the molecule is CCC(C)[C@H](NC(=O)c1ccc(C2CCN(C3CC3)CC2)cc1)C(=O)N1CC[C@H]2OCC(=O)[C@H]21. The van der Waals surface area contributed by atoms with Crippen molar-refractivity contribution in [2.45, 2.75) is 82.5 Å². The minimum Gasteiger partial charge on any atom is -0.368 e. The van der Waals surface area contributed by atoms with E-state index in [-0.39, 0.29) is 36.2 Å². The molecule has 1 N–H and O–H groups in total. The Morgan fingerprint density at radius 2 is 1.76 bits per heavy atom. The largest absolute Gasteiger partial charge is 0.368 e. The first kappa shape index (κ1) is 23.5. The lowest BCUT2D eigenvalue weighted by atomic mass is 9.89. The first-order chi connectivity index (χ1) is 16.5. The molecule has 2 amide bonds. The summed E-state index contributed by atoms with van der Waals surface area (Å²) in [6.45, 7) is 6.89. The molecule has 4 atom stereocenters. The maximum atomic E-state index is 13.4. The Kier molecular flexibility index (Phi) is 6.76. The van der Waals surface area contributed by atoms with Gasteiger partial charge >= 0.3 is 0 Å². The molecular weight excluding hydrogens is 430 g/mol. The predicted octanol–water partition coefficient (Wildman–Crippen LogP) is 2.74. The van der Waals surface area contributed by atoms with Crippen molar-refractivity contribution < 1.29 is 19.1 Å². The maximum Gasteiger partial charge on any atom is 0.251 e. The summed E-state index contributed by atoms with van der Waals surface area (Å²) < 4.78 is 5.53. The summed E-state index contributed by atoms with van der Waals surface area (Å²) in [5, 5.41) is 2.99. The molecule has 3 saturated heterocycles. The van der Waals surface area contributed by atoms with Gasteiger partial charge in [0.1, 0.15) is 18.7 Å². The molecule has 3 heterocycles. The van der Waals surface area contributed by atoms with Gasteiger partial charge in [0.25, 0.3) is 5.91 Å². The molecular formula is C27H37N3O4. The molecule has 1 aromatic rings. The topological polar surface area (TPSA) is 79.0 Å². The van der Waals surface area contributed by atoms with Gasteiger partial charge in [0.05, 0.1) is 6.10 Å². The quantitative estimate of drug-likeness (QED) is 0.667. The molecule has 7 heteroatoms. The van der Waals surface area contributed by atoms with E-state index in [0.717, 1.165) is 12.5 Å². The highest BCUT2D eigenvalue weighted by atomic mass is 16.5. The van der Waals surface area contributed by atoms with Crippen molar-refractivity contribution >= 4 is 17.6 Å². The van der Waals surface area contributed by atoms with Gasteiger partial charge < -0.3 is 19.9 Å². The number of carbonyl (C=O) groups excluding carboxylic acids is 3. The van der Waals surface area contributed by atoms with E-state index in [1.165, 1.54) is 44.3 Å². The molecule has 184 valence electrons. The van der Waals surface area contributed by atoms with Crippen LogP contribution in [0, 0.1) is 5.92 Å². The Hall–Kier alpha value is -2.25. The molecule has 3 aliphatic heterocycles. The molecule has 7 nitrogen and oxygen atoms in total. The third kappa shape index (κ3) is 4.65. The van der Waals surface area contributed by atoms with Gasteiger partial charge in [-0.2, -0.15) is 0 Å². The molecule has 5 rings (SSSR count). The number of ether oxygens (including phenoxy) is 1. The fourth-order valence-electron chi connectivity index (χ4n) is 5.87. The van der Waals surface area contributed by atoms with Crippen LogP contribution >= 0.6 is 0 Å². The number of ketones is 1. The Bertz CT molecular complexity index is 920. The van der Waals surface area contributed by atoms with Gasteiger partial charge in [-0.25, -0.2) is 0 Å². The minimum atomic E-state index is -0.656. The van der Waals surface area contributed by atoms with Crippen LogP contribution in [-0.2, 0) is 14.3 Å². The summed E-state index contributed by atoms with van der Waals surface area (Å²) in [5.41, 5.74) is 1.87. The zero-order valence-corrected chi connectivity index (χ0v) is 20.4. The summed E-state index contributed by atoms with van der Waals surface area (Å²) in [6.07, 6.45) is 6.29. The van der Waals surface area contributed by atoms with Crippen LogP contribution in [-0.4, -0.2) is 77.9 Å². The summed E-state index contributed by atoms with van der Waals surface area (Å²) in [4.78, 5) is 43.1. The van der Waals surface area contributed by atoms with Gasteiger partial charge in [-0.1, -0.05) is 32.4 Å². The third-order valence-electron chi connectivity index (χ3n) is 8.40. The fourth-order valence-corrected chi connectivity index (χ4v) is 5.87. The zero-order valence-electron chi connectivity index (χ0n) is 20.4. The fraction of sp³-hybridized carbons (Fsp3) is 0.667. The molecule has 0 spiro atoms. The second-order valence-corrected chi connectivity index (χ2v) is 10.6. The number of Topliss-reactive ketones (excluding diaryl/α,β-unsaturated/α-hetero) is 1. The molecule has 0 bridgehead atoms. The van der Waals surface area contributed by atoms with Crippen LogP contribution in [0.15, 0.2) is 24.3 Å². The Balaban J connectivity index is 1.23. The molecule has 4 aliphatic rings. The number of benzene rings is 1. The highest BCUT2D eigenvalue weighted by molar-refractivity contribution is 5.99. The van der Waals surface area contributed by atoms with Crippen LogP contribution in [0.25, 0.3) is 0 Å². The number of hydrogen-bond acceptors (Lipinski definition) is 5. The molecule has 1 saturated carbocycles.